The minimum atomic E-state index is -0.504. The van der Waals surface area contributed by atoms with Gasteiger partial charge in [0.25, 0.3) is 0 Å². The Bertz CT molecular complexity index is 1540. The van der Waals surface area contributed by atoms with Gasteiger partial charge in [-0.1, -0.05) is 17.2 Å². The molecule has 2 saturated heterocycles. The second-order valence-corrected chi connectivity index (χ2v) is 14.8. The van der Waals surface area contributed by atoms with E-state index in [1.807, 2.05) is 12.4 Å². The molecule has 3 aromatic heterocycles. The number of hydrogen-bond acceptors (Lipinski definition) is 3. The van der Waals surface area contributed by atoms with E-state index in [4.69, 9.17) is 0 Å². The summed E-state index contributed by atoms with van der Waals surface area (Å²) in [4.78, 5) is 26.7. The summed E-state index contributed by atoms with van der Waals surface area (Å²) in [5.41, 5.74) is 7.53. The van der Waals surface area contributed by atoms with E-state index in [1.165, 1.54) is 100.0 Å². The van der Waals surface area contributed by atoms with Gasteiger partial charge in [0.15, 0.2) is 0 Å². The number of pyridine rings is 1. The monoisotopic (exact) mass is 565 g/mol. The number of carbonyl (C=O) groups is 1. The number of fused-ring (bicyclic) bond motifs is 3. The highest BCUT2D eigenvalue weighted by Gasteiger charge is 2.47. The van der Waals surface area contributed by atoms with Crippen LogP contribution in [0.5, 0.6) is 0 Å². The summed E-state index contributed by atoms with van der Waals surface area (Å²) in [7, 11) is 0. The van der Waals surface area contributed by atoms with Crippen molar-refractivity contribution in [2.75, 3.05) is 0 Å². The van der Waals surface area contributed by atoms with E-state index >= 15 is 0 Å². The third kappa shape index (κ3) is 4.84. The summed E-state index contributed by atoms with van der Waals surface area (Å²) < 4.78 is 0. The van der Waals surface area contributed by atoms with Gasteiger partial charge in [-0.05, 0) is 144 Å². The fourth-order valence-electron chi connectivity index (χ4n) is 8.26. The molecule has 0 radical (unpaired) electrons. The lowest BCUT2D eigenvalue weighted by Gasteiger charge is -2.31. The van der Waals surface area contributed by atoms with Crippen LogP contribution < -0.4 is 0 Å². The molecule has 1 aliphatic carbocycles. The third-order valence-electron chi connectivity index (χ3n) is 10.5. The number of nitrogens with one attached hydrogen (secondary N) is 1. The van der Waals surface area contributed by atoms with Crippen LogP contribution in [0.3, 0.4) is 0 Å². The molecule has 3 fully saturated rings. The second-order valence-electron chi connectivity index (χ2n) is 13.7. The van der Waals surface area contributed by atoms with Crippen LogP contribution in [0.2, 0.25) is 0 Å². The van der Waals surface area contributed by atoms with Gasteiger partial charge < -0.3 is 9.88 Å². The van der Waals surface area contributed by atoms with Crippen molar-refractivity contribution in [2.24, 2.45) is 5.92 Å². The number of hydrogen-bond donors (Lipinski definition) is 1. The van der Waals surface area contributed by atoms with Crippen molar-refractivity contribution in [3.05, 3.63) is 75.9 Å². The van der Waals surface area contributed by atoms with Crippen molar-refractivity contribution in [1.82, 2.24) is 14.9 Å². The Morgan fingerprint density at radius 1 is 0.976 bits per heavy atom. The molecule has 1 saturated carbocycles. The molecule has 4 nitrogen and oxygen atoms in total. The number of amides is 1. The number of rotatable bonds is 7. The van der Waals surface area contributed by atoms with E-state index in [0.717, 1.165) is 12.3 Å². The normalized spacial score (nSPS) is 24.1. The first kappa shape index (κ1) is 26.9. The summed E-state index contributed by atoms with van der Waals surface area (Å²) in [6.45, 7) is 8.69. The zero-order valence-corrected chi connectivity index (χ0v) is 25.8. The van der Waals surface area contributed by atoms with Gasteiger partial charge >= 0.3 is 0 Å². The number of nitrogens with zero attached hydrogens (tertiary/aromatic N) is 2. The molecule has 1 N–H and O–H groups in total. The van der Waals surface area contributed by atoms with E-state index in [9.17, 15) is 4.79 Å². The van der Waals surface area contributed by atoms with Crippen LogP contribution in [0.25, 0.3) is 21.5 Å². The number of aryl methyl sites for hydroxylation is 3. The maximum absolute atomic E-state index is 13.9. The summed E-state index contributed by atoms with van der Waals surface area (Å²) in [5.74, 6) is 1.73. The number of aromatic amines is 1. The number of thiophene rings is 1. The molecule has 1 amide bonds. The SMILES string of the molecule is Cc1cc(C)cc(-c2[nH]c3sc(C(C)(C)C(=O)N4C5CCC4CC5)cc3c2CCC2CCC(c3ccncc3)C2)c1. The maximum Gasteiger partial charge on any atom is 0.233 e. The van der Waals surface area contributed by atoms with E-state index in [0.29, 0.717) is 23.9 Å². The summed E-state index contributed by atoms with van der Waals surface area (Å²) in [5, 5.41) is 1.33. The van der Waals surface area contributed by atoms with E-state index in [2.05, 4.69) is 79.0 Å². The van der Waals surface area contributed by atoms with Gasteiger partial charge in [-0.25, -0.2) is 0 Å². The largest absolute Gasteiger partial charge is 0.346 e. The molecule has 3 aliphatic rings. The quantitative estimate of drug-likeness (QED) is 0.243. The topological polar surface area (TPSA) is 49.0 Å². The van der Waals surface area contributed by atoms with E-state index in [-0.39, 0.29) is 0 Å². The smallest absolute Gasteiger partial charge is 0.233 e. The average Bonchev–Trinajstić information content (AvgIpc) is 3.78. The molecule has 2 unspecified atom stereocenters. The molecule has 2 bridgehead atoms. The molecule has 2 aliphatic heterocycles. The van der Waals surface area contributed by atoms with Gasteiger partial charge in [0.1, 0.15) is 4.83 Å². The highest BCUT2D eigenvalue weighted by molar-refractivity contribution is 7.19. The lowest BCUT2D eigenvalue weighted by atomic mass is 9.88. The number of carbonyl (C=O) groups excluding carboxylic acids is 1. The lowest BCUT2D eigenvalue weighted by molar-refractivity contribution is -0.137. The molecule has 7 rings (SSSR count). The molecular formula is C36H43N3OS. The van der Waals surface area contributed by atoms with Gasteiger partial charge in [0.2, 0.25) is 5.91 Å². The van der Waals surface area contributed by atoms with Crippen LogP contribution in [-0.2, 0) is 16.6 Å². The van der Waals surface area contributed by atoms with Crippen LogP contribution in [0.15, 0.2) is 48.8 Å². The van der Waals surface area contributed by atoms with E-state index in [1.54, 1.807) is 11.3 Å². The average molecular weight is 566 g/mol. The Morgan fingerprint density at radius 2 is 1.66 bits per heavy atom. The predicted octanol–water partition coefficient (Wildman–Crippen LogP) is 8.86. The Balaban J connectivity index is 1.19. The molecular weight excluding hydrogens is 522 g/mol. The van der Waals surface area contributed by atoms with Crippen molar-refractivity contribution in [2.45, 2.75) is 109 Å². The van der Waals surface area contributed by atoms with Crippen molar-refractivity contribution in [3.8, 4) is 11.3 Å². The Hall–Kier alpha value is -2.92. The molecule has 5 heterocycles. The fraction of sp³-hybridized carbons (Fsp3) is 0.500. The first-order valence-corrected chi connectivity index (χ1v) is 16.6. The summed E-state index contributed by atoms with van der Waals surface area (Å²) in [6.07, 6.45) is 14.7. The van der Waals surface area contributed by atoms with Crippen molar-refractivity contribution >= 4 is 27.5 Å². The molecule has 4 aromatic rings. The van der Waals surface area contributed by atoms with Crippen LogP contribution in [0, 0.1) is 19.8 Å². The molecule has 2 atom stereocenters. The minimum Gasteiger partial charge on any atom is -0.346 e. The standard InChI is InChI=1S/C36H43N3OS/c1-22-17-23(2)19-27(18-22)33-30(12-6-24-5-7-26(20-24)25-13-15-37-16-14-25)31-21-32(41-34(31)38-33)36(3,4)35(40)39-28-8-9-29(39)11-10-28/h13-19,21,24,26,28-29,38H,5-12,20H2,1-4H3. The van der Waals surface area contributed by atoms with Gasteiger partial charge in [0, 0.05) is 34.7 Å². The third-order valence-corrected chi connectivity index (χ3v) is 11.8. The van der Waals surface area contributed by atoms with Gasteiger partial charge in [-0.2, -0.15) is 0 Å². The Kier molecular flexibility index (Phi) is 6.84. The molecule has 5 heteroatoms. The fourth-order valence-corrected chi connectivity index (χ4v) is 9.45. The zero-order valence-electron chi connectivity index (χ0n) is 25.0. The highest BCUT2D eigenvalue weighted by atomic mass is 32.1. The molecule has 214 valence electrons. The number of aromatic nitrogens is 2. The lowest BCUT2D eigenvalue weighted by Crippen LogP contribution is -2.45. The first-order valence-electron chi connectivity index (χ1n) is 15.7. The summed E-state index contributed by atoms with van der Waals surface area (Å²) >= 11 is 1.80. The van der Waals surface area contributed by atoms with Crippen molar-refractivity contribution < 1.29 is 4.79 Å². The van der Waals surface area contributed by atoms with Crippen LogP contribution in [-0.4, -0.2) is 32.9 Å². The zero-order chi connectivity index (χ0) is 28.3. The summed E-state index contributed by atoms with van der Waals surface area (Å²) in [6, 6.07) is 14.6. The van der Waals surface area contributed by atoms with Crippen molar-refractivity contribution in [1.29, 1.82) is 0 Å². The van der Waals surface area contributed by atoms with Gasteiger partial charge in [-0.3, -0.25) is 9.78 Å². The molecule has 41 heavy (non-hydrogen) atoms. The number of benzene rings is 1. The number of H-pyrrole nitrogens is 1. The van der Waals surface area contributed by atoms with Crippen LogP contribution >= 0.6 is 11.3 Å². The van der Waals surface area contributed by atoms with Gasteiger partial charge in [0.05, 0.1) is 11.1 Å². The van der Waals surface area contributed by atoms with E-state index < -0.39 is 5.41 Å². The minimum absolute atomic E-state index is 0.329. The maximum atomic E-state index is 13.9. The van der Waals surface area contributed by atoms with Crippen molar-refractivity contribution in [3.63, 3.8) is 0 Å². The predicted molar refractivity (Wildman–Crippen MR) is 170 cm³/mol. The highest BCUT2D eigenvalue weighted by Crippen LogP contribution is 2.46. The van der Waals surface area contributed by atoms with Gasteiger partial charge in [-0.15, -0.1) is 11.3 Å². The Morgan fingerprint density at radius 3 is 2.34 bits per heavy atom. The van der Waals surface area contributed by atoms with Crippen LogP contribution in [0.4, 0.5) is 0 Å². The second kappa shape index (κ2) is 10.4. The van der Waals surface area contributed by atoms with Crippen LogP contribution in [0.1, 0.15) is 98.3 Å². The first-order chi connectivity index (χ1) is 19.8. The molecule has 1 aromatic carbocycles. The Labute approximate surface area is 248 Å². The molecule has 0 spiro atoms.